The second-order valence-electron chi connectivity index (χ2n) is 15.2. The van der Waals surface area contributed by atoms with Crippen LogP contribution in [0, 0.1) is 11.6 Å². The number of Topliss-reactive ketones (excluding diaryl/α,β-unsaturated/α-hetero) is 2. The number of ketones is 2. The van der Waals surface area contributed by atoms with Gasteiger partial charge in [-0.25, -0.2) is 23.5 Å². The summed E-state index contributed by atoms with van der Waals surface area (Å²) in [4.78, 5) is 56.7. The van der Waals surface area contributed by atoms with Crippen LogP contribution in [0.5, 0.6) is 0 Å². The number of carbonyl (C=O) groups excluding carboxylic acids is 3. The van der Waals surface area contributed by atoms with Gasteiger partial charge in [-0.3, -0.25) is 27.9 Å². The monoisotopic (exact) mass is 1360 g/mol. The number of aliphatic hydroxyl groups is 2. The molecule has 10 rings (SSSR count). The Morgan fingerprint density at radius 2 is 0.878 bits per heavy atom. The van der Waals surface area contributed by atoms with Crippen LogP contribution < -0.4 is 11.1 Å². The van der Waals surface area contributed by atoms with Crippen molar-refractivity contribution in [1.82, 2.24) is 18.8 Å². The van der Waals surface area contributed by atoms with Crippen LogP contribution in [0.2, 0.25) is 0 Å². The lowest BCUT2D eigenvalue weighted by molar-refractivity contribution is 0.0688. The fourth-order valence-electron chi connectivity index (χ4n) is 7.90. The molecule has 0 spiro atoms. The number of hydrogen-bond acceptors (Lipinski definition) is 9. The number of rotatable bonds is 9. The van der Waals surface area contributed by atoms with E-state index in [0.29, 0.717) is 18.4 Å². The maximum Gasteiger partial charge on any atom is 0.354 e. The molecule has 0 fully saturated rings. The summed E-state index contributed by atoms with van der Waals surface area (Å²) in [5.74, 6) is -4.53. The van der Waals surface area contributed by atoms with Gasteiger partial charge in [-0.15, -0.1) is 0 Å². The number of amides is 1. The number of pyridine rings is 2. The van der Waals surface area contributed by atoms with Gasteiger partial charge in [0.25, 0.3) is 5.91 Å². The Morgan fingerprint density at radius 1 is 0.522 bits per heavy atom. The zero-order valence-corrected chi connectivity index (χ0v) is 43.5. The topological polar surface area (TPSA) is 202 Å². The maximum absolute atomic E-state index is 14.6. The molecule has 0 unspecified atom stereocenters. The number of nitrogens with one attached hydrogen (secondary N) is 1. The zero-order valence-electron chi connectivity index (χ0n) is 51.5. The van der Waals surface area contributed by atoms with Gasteiger partial charge in [-0.1, -0.05) is 60.6 Å². The largest absolute Gasteiger partial charge is 0.477 e. The van der Waals surface area contributed by atoms with E-state index in [1.165, 1.54) is 30.3 Å². The van der Waals surface area contributed by atoms with Gasteiger partial charge in [0.05, 0.1) is 46.9 Å². The molecule has 2 aliphatic carbocycles. The lowest BCUT2D eigenvalue weighted by Crippen LogP contribution is -2.18. The highest BCUT2D eigenvalue weighted by Gasteiger charge is 2.34. The Balaban J connectivity index is -0.000000294. The number of imidazole rings is 2. The zero-order chi connectivity index (χ0) is 76.7. The van der Waals surface area contributed by atoms with E-state index in [0.717, 1.165) is 49.5 Å². The van der Waals surface area contributed by atoms with Gasteiger partial charge in [0.1, 0.15) is 28.6 Å². The molecule has 4 aromatic heterocycles. The summed E-state index contributed by atoms with van der Waals surface area (Å²) in [7, 11) is 0. The average molecular weight is 1360 g/mol. The van der Waals surface area contributed by atoms with Gasteiger partial charge in [-0.2, -0.15) is 0 Å². The molecule has 40 heteroatoms. The molecule has 0 saturated carbocycles. The number of benzene rings is 4. The van der Waals surface area contributed by atoms with Crippen LogP contribution in [-0.4, -0.2) is 69.7 Å². The number of aromatic nitrogens is 4. The first kappa shape index (κ1) is 74.6. The molecule has 8 aromatic rings. The van der Waals surface area contributed by atoms with E-state index in [4.69, 9.17) is 132 Å². The first-order valence-corrected chi connectivity index (χ1v) is 21.7. The van der Waals surface area contributed by atoms with Crippen molar-refractivity contribution in [3.05, 3.63) is 202 Å². The van der Waals surface area contributed by atoms with E-state index in [1.807, 2.05) is 48.5 Å². The highest BCUT2D eigenvalue weighted by molar-refractivity contribution is 6.05. The van der Waals surface area contributed by atoms with Crippen molar-refractivity contribution in [2.45, 2.75) is 49.7 Å². The van der Waals surface area contributed by atoms with E-state index in [-0.39, 0.29) is 86.6 Å². The van der Waals surface area contributed by atoms with Gasteiger partial charge in [0.2, 0.25) is 0 Å². The number of hydrogen-bond donors (Lipinski definition) is 5. The Hall–Kier alpha value is -9.63. The number of halogens is 27. The van der Waals surface area contributed by atoms with Crippen molar-refractivity contribution in [1.29, 1.82) is 0 Å². The lowest BCUT2D eigenvalue weighted by atomic mass is 9.91. The summed E-state index contributed by atoms with van der Waals surface area (Å²) < 4.78 is 283. The molecule has 6 N–H and O–H groups in total. The minimum absolute atomic E-state index is 0. The number of aliphatic hydroxyl groups excluding tert-OH is 2. The molecule has 2 aliphatic rings. The second kappa shape index (κ2) is 55.9. The molecule has 1 amide bonds. The molecule has 4 aromatic carbocycles. The molecule has 0 bridgehead atoms. The summed E-state index contributed by atoms with van der Waals surface area (Å²) in [6, 6.07) is 20.1. The van der Waals surface area contributed by atoms with Crippen molar-refractivity contribution in [3.63, 3.8) is 0 Å². The number of nitrogens with two attached hydrogens (primary N) is 1. The second-order valence-corrected chi connectivity index (χ2v) is 15.2. The van der Waals surface area contributed by atoms with Crippen LogP contribution >= 0.6 is 0 Å². The van der Waals surface area contributed by atoms with Gasteiger partial charge >= 0.3 is 5.97 Å². The summed E-state index contributed by atoms with van der Waals surface area (Å²) in [5.41, 5.74) is 8.97. The number of anilines is 2. The SMILES string of the molecule is F.FF.FF.FF.FF.FF.FF.FF.FF.FF.FF.FF.FF.Nc1cc(C(=O)C[C@@H]2c3ccccc3C[C@@H]2O)ccc1F.[2H]c1c([2H])c([2H])n2c(C(=O)Nc3cc(C(=O)C[C@@H]4c5ccccc5C[C@@H]4O)ccc3F)cnc2c1[2H].[2H]c1c([2H])c([2H])n2c(C(=O)O)cnc2c1[2H]. The van der Waals surface area contributed by atoms with E-state index < -0.39 is 78.3 Å². The highest BCUT2D eigenvalue weighted by Crippen LogP contribution is 2.38. The number of carboxylic acid groups (broad SMARTS) is 1. The van der Waals surface area contributed by atoms with Crippen LogP contribution in [0.15, 0.2) is 146 Å². The summed E-state index contributed by atoms with van der Waals surface area (Å²) >= 11 is 0. The maximum atomic E-state index is 14.6. The van der Waals surface area contributed by atoms with Gasteiger partial charge in [0, 0.05) is 158 Å². The van der Waals surface area contributed by atoms with Crippen LogP contribution in [0.4, 0.5) is 135 Å². The van der Waals surface area contributed by atoms with Crippen molar-refractivity contribution in [3.8, 4) is 0 Å². The van der Waals surface area contributed by atoms with Crippen molar-refractivity contribution < 1.29 is 169 Å². The molecular weight excluding hydrogens is 1310 g/mol. The van der Waals surface area contributed by atoms with E-state index in [9.17, 15) is 38.2 Å². The predicted octanol–water partition coefficient (Wildman–Crippen LogP) is 18.0. The number of nitrogen functional groups attached to an aromatic ring is 1. The number of carboxylic acids is 1. The first-order valence-electron chi connectivity index (χ1n) is 25.7. The minimum Gasteiger partial charge on any atom is -0.477 e. The van der Waals surface area contributed by atoms with E-state index in [2.05, 4.69) is 15.3 Å². The summed E-state index contributed by atoms with van der Waals surface area (Å²) in [5, 5.41) is 31.8. The number of fused-ring (bicyclic) bond motifs is 4. The van der Waals surface area contributed by atoms with Gasteiger partial charge < -0.3 is 26.4 Å². The highest BCUT2D eigenvalue weighted by atomic mass is 20.0. The molecule has 4 heterocycles. The first-order chi connectivity index (χ1) is 46.7. The van der Waals surface area contributed by atoms with Gasteiger partial charge in [-0.05, 0) is 95.7 Å². The Morgan fingerprint density at radius 3 is 1.27 bits per heavy atom. The van der Waals surface area contributed by atoms with Gasteiger partial charge in [0.15, 0.2) is 17.3 Å². The third-order valence-corrected chi connectivity index (χ3v) is 11.1. The Bertz CT molecular complexity index is 3630. The normalized spacial score (nSPS) is 14.3. The molecule has 0 radical (unpaired) electrons. The van der Waals surface area contributed by atoms with Crippen LogP contribution in [0.25, 0.3) is 11.3 Å². The summed E-state index contributed by atoms with van der Waals surface area (Å²) in [6.45, 7) is 0. The average Bonchev–Trinajstić information content (AvgIpc) is 1.57. The van der Waals surface area contributed by atoms with E-state index >= 15 is 0 Å². The third kappa shape index (κ3) is 27.6. The van der Waals surface area contributed by atoms with Crippen molar-refractivity contribution in [2.24, 2.45) is 0 Å². The fourth-order valence-corrected chi connectivity index (χ4v) is 7.90. The Kier molecular flexibility index (Phi) is 46.4. The van der Waals surface area contributed by atoms with Crippen molar-refractivity contribution in [2.75, 3.05) is 11.1 Å². The molecular formula is C50H43F27N6O7. The Labute approximate surface area is 496 Å². The van der Waals surface area contributed by atoms with E-state index in [1.54, 1.807) is 0 Å². The molecule has 504 valence electrons. The standard InChI is InChI=1S/C25H20FN3O3.C17H16FNO2.C8H6N2O2.12F2.FH/c26-19-9-8-16(22(30)13-18-17-6-2-1-5-15(17)12-23(18)31)11-20(19)28-25(32)21-14-27-24-7-3-4-10-29(21)24;18-14-6-5-11(7-15(14)19)16(20)9-13-12-4-2-1-3-10(12)8-17(13)21;11-8(12)6-5-9-7-3-1-2-4-10(6)7;12*1-2;/h1-11,14,18,23,31H,12-13H2,(H,28,32);1-7,13,17,21H,8-9,19H2;1-5H,(H,11,12);;;;;;;;;;;;;1H/t18-,23+;13-,17+;;;;;;;;;;;;;;/m11............../s1/i3D,4D,7D,10D;;1D,2D,3D,4D;;;;;;;;;;;;;. The molecule has 13 nitrogen and oxygen atoms in total. The van der Waals surface area contributed by atoms with Crippen molar-refractivity contribution >= 4 is 46.1 Å². The molecule has 0 saturated heterocycles. The van der Waals surface area contributed by atoms with Crippen LogP contribution in [0.1, 0.15) is 99.6 Å². The lowest BCUT2D eigenvalue weighted by Gasteiger charge is -2.15. The summed E-state index contributed by atoms with van der Waals surface area (Å²) in [6.07, 6.45) is 1.11. The molecule has 90 heavy (non-hydrogen) atoms. The fraction of sp³-hybridized carbons (Fsp3) is 0.160. The number of aromatic carboxylic acids is 1. The van der Waals surface area contributed by atoms with Crippen LogP contribution in [0.3, 0.4) is 0 Å². The predicted molar refractivity (Wildman–Crippen MR) is 267 cm³/mol. The molecule has 0 aliphatic heterocycles. The quantitative estimate of drug-likeness (QED) is 0.0526. The minimum atomic E-state index is -1.29. The van der Waals surface area contributed by atoms with Crippen LogP contribution in [-0.2, 0) is 12.8 Å². The number of nitrogens with zero attached hydrogens (tertiary/aromatic N) is 4. The smallest absolute Gasteiger partial charge is 0.354 e. The molecule has 4 atom stereocenters. The number of carbonyl (C=O) groups is 4. The third-order valence-electron chi connectivity index (χ3n) is 11.1.